The number of thiophene rings is 1. The first-order chi connectivity index (χ1) is 13.0. The lowest BCUT2D eigenvalue weighted by molar-refractivity contribution is -0.122. The topological polar surface area (TPSA) is 62.1 Å². The van der Waals surface area contributed by atoms with E-state index in [1.165, 1.54) is 11.3 Å². The van der Waals surface area contributed by atoms with Crippen LogP contribution in [0, 0.1) is 11.3 Å². The van der Waals surface area contributed by atoms with Crippen molar-refractivity contribution in [2.24, 2.45) is 0 Å². The number of hydrogen-bond acceptors (Lipinski definition) is 4. The number of carbonyl (C=O) groups excluding carboxylic acids is 1. The molecule has 3 aromatic rings. The average molecular weight is 417 g/mol. The first-order valence-corrected chi connectivity index (χ1v) is 9.62. The highest BCUT2D eigenvalue weighted by Gasteiger charge is 2.20. The zero-order chi connectivity index (χ0) is 19.4. The summed E-state index contributed by atoms with van der Waals surface area (Å²) in [4.78, 5) is 12.5. The molecule has 7 heteroatoms. The van der Waals surface area contributed by atoms with Crippen LogP contribution in [0.1, 0.15) is 12.5 Å². The summed E-state index contributed by atoms with van der Waals surface area (Å²) in [5, 5.41) is 15.5. The molecule has 0 bridgehead atoms. The van der Waals surface area contributed by atoms with Crippen LogP contribution in [-0.2, 0) is 4.79 Å². The van der Waals surface area contributed by atoms with Gasteiger partial charge in [0, 0.05) is 26.6 Å². The van der Waals surface area contributed by atoms with E-state index in [2.05, 4.69) is 11.4 Å². The van der Waals surface area contributed by atoms with Gasteiger partial charge in [-0.15, -0.1) is 11.3 Å². The number of carbonyl (C=O) groups is 1. The van der Waals surface area contributed by atoms with Gasteiger partial charge in [0.25, 0.3) is 5.91 Å². The van der Waals surface area contributed by atoms with E-state index in [1.54, 1.807) is 42.6 Å². The number of amides is 1. The molecule has 4 nitrogen and oxygen atoms in total. The van der Waals surface area contributed by atoms with E-state index in [0.717, 1.165) is 0 Å². The molecule has 0 fully saturated rings. The first kappa shape index (κ1) is 19.2. The van der Waals surface area contributed by atoms with Gasteiger partial charge in [-0.2, -0.15) is 5.26 Å². The van der Waals surface area contributed by atoms with Crippen molar-refractivity contribution >= 4 is 45.4 Å². The van der Waals surface area contributed by atoms with Gasteiger partial charge in [-0.1, -0.05) is 47.5 Å². The summed E-state index contributed by atoms with van der Waals surface area (Å²) < 4.78 is 5.62. The Morgan fingerprint density at radius 2 is 1.93 bits per heavy atom. The summed E-state index contributed by atoms with van der Waals surface area (Å²) in [6, 6.07) is 16.3. The van der Waals surface area contributed by atoms with Crippen LogP contribution in [0.5, 0.6) is 5.75 Å². The van der Waals surface area contributed by atoms with Gasteiger partial charge in [-0.25, -0.2) is 0 Å². The molecule has 2 aromatic carbocycles. The number of nitriles is 1. The van der Waals surface area contributed by atoms with Crippen molar-refractivity contribution in [3.8, 4) is 22.9 Å². The predicted molar refractivity (Wildman–Crippen MR) is 110 cm³/mol. The standard InChI is InChI=1S/C20H14Cl2N2O2S/c1-12(26-14-5-3-2-4-6-14)19(25)24-20-16(10-23)17(11-27-20)15-8-7-13(21)9-18(15)22/h2-9,11-12H,1H3,(H,24,25)/t12-/m0/s1. The molecular formula is C20H14Cl2N2O2S. The number of ether oxygens (including phenoxy) is 1. The molecule has 3 rings (SSSR count). The lowest BCUT2D eigenvalue weighted by atomic mass is 10.0. The minimum Gasteiger partial charge on any atom is -0.481 e. The second-order valence-corrected chi connectivity index (χ2v) is 7.38. The highest BCUT2D eigenvalue weighted by Crippen LogP contribution is 2.39. The van der Waals surface area contributed by atoms with E-state index in [-0.39, 0.29) is 5.91 Å². The summed E-state index contributed by atoms with van der Waals surface area (Å²) in [5.41, 5.74) is 1.68. The SMILES string of the molecule is C[C@H](Oc1ccccc1)C(=O)Nc1scc(-c2ccc(Cl)cc2Cl)c1C#N. The van der Waals surface area contributed by atoms with E-state index in [0.29, 0.717) is 37.5 Å². The molecule has 27 heavy (non-hydrogen) atoms. The van der Waals surface area contributed by atoms with E-state index in [1.807, 2.05) is 18.2 Å². The summed E-state index contributed by atoms with van der Waals surface area (Å²) in [6.45, 7) is 1.65. The van der Waals surface area contributed by atoms with Crippen LogP contribution in [0.4, 0.5) is 5.00 Å². The molecule has 1 heterocycles. The number of rotatable bonds is 5. The normalized spacial score (nSPS) is 11.5. The Kier molecular flexibility index (Phi) is 6.02. The van der Waals surface area contributed by atoms with Crippen molar-refractivity contribution in [3.05, 3.63) is 69.5 Å². The molecule has 0 saturated carbocycles. The van der Waals surface area contributed by atoms with Crippen molar-refractivity contribution < 1.29 is 9.53 Å². The monoisotopic (exact) mass is 416 g/mol. The van der Waals surface area contributed by atoms with Gasteiger partial charge in [0.2, 0.25) is 0 Å². The fourth-order valence-electron chi connectivity index (χ4n) is 2.44. The van der Waals surface area contributed by atoms with Crippen LogP contribution in [-0.4, -0.2) is 12.0 Å². The fraction of sp³-hybridized carbons (Fsp3) is 0.100. The molecule has 0 aliphatic carbocycles. The zero-order valence-corrected chi connectivity index (χ0v) is 16.5. The zero-order valence-electron chi connectivity index (χ0n) is 14.2. The van der Waals surface area contributed by atoms with Gasteiger partial charge in [0.1, 0.15) is 16.8 Å². The fourth-order valence-corrected chi connectivity index (χ4v) is 3.86. The quantitative estimate of drug-likeness (QED) is 0.554. The van der Waals surface area contributed by atoms with Gasteiger partial charge in [-0.3, -0.25) is 4.79 Å². The van der Waals surface area contributed by atoms with Gasteiger partial charge in [0.05, 0.1) is 5.56 Å². The number of para-hydroxylation sites is 1. The van der Waals surface area contributed by atoms with E-state index in [4.69, 9.17) is 27.9 Å². The summed E-state index contributed by atoms with van der Waals surface area (Å²) in [6.07, 6.45) is -0.719. The highest BCUT2D eigenvalue weighted by atomic mass is 35.5. The largest absolute Gasteiger partial charge is 0.481 e. The number of hydrogen-bond donors (Lipinski definition) is 1. The van der Waals surface area contributed by atoms with Gasteiger partial charge in [0.15, 0.2) is 6.10 Å². The molecule has 1 atom stereocenters. The van der Waals surface area contributed by atoms with Crippen molar-refractivity contribution in [3.63, 3.8) is 0 Å². The molecule has 0 saturated heterocycles. The summed E-state index contributed by atoms with van der Waals surface area (Å²) in [5.74, 6) is 0.256. The molecule has 0 aliphatic heterocycles. The smallest absolute Gasteiger partial charge is 0.265 e. The Morgan fingerprint density at radius 1 is 1.19 bits per heavy atom. The maximum Gasteiger partial charge on any atom is 0.265 e. The molecule has 0 unspecified atom stereocenters. The Labute approximate surface area is 170 Å². The third kappa shape index (κ3) is 4.42. The minimum atomic E-state index is -0.719. The second-order valence-electron chi connectivity index (χ2n) is 5.65. The molecule has 0 spiro atoms. The Bertz CT molecular complexity index is 1010. The van der Waals surface area contributed by atoms with Gasteiger partial charge < -0.3 is 10.1 Å². The van der Waals surface area contributed by atoms with Crippen molar-refractivity contribution in [1.29, 1.82) is 5.26 Å². The molecular weight excluding hydrogens is 403 g/mol. The number of benzene rings is 2. The highest BCUT2D eigenvalue weighted by molar-refractivity contribution is 7.15. The molecule has 0 radical (unpaired) electrons. The average Bonchev–Trinajstić information content (AvgIpc) is 3.04. The number of nitrogens with one attached hydrogen (secondary N) is 1. The van der Waals surface area contributed by atoms with Crippen LogP contribution in [0.25, 0.3) is 11.1 Å². The van der Waals surface area contributed by atoms with Gasteiger partial charge in [-0.05, 0) is 31.2 Å². The van der Waals surface area contributed by atoms with E-state index in [9.17, 15) is 10.1 Å². The first-order valence-electron chi connectivity index (χ1n) is 7.99. The molecule has 136 valence electrons. The van der Waals surface area contributed by atoms with Gasteiger partial charge >= 0.3 is 0 Å². The Balaban J connectivity index is 1.80. The molecule has 1 N–H and O–H groups in total. The second kappa shape index (κ2) is 8.45. The van der Waals surface area contributed by atoms with Crippen LogP contribution in [0.2, 0.25) is 10.0 Å². The van der Waals surface area contributed by atoms with E-state index >= 15 is 0 Å². The minimum absolute atomic E-state index is 0.342. The van der Waals surface area contributed by atoms with Crippen molar-refractivity contribution in [1.82, 2.24) is 0 Å². The maximum atomic E-state index is 12.5. The third-order valence-electron chi connectivity index (χ3n) is 3.79. The predicted octanol–water partition coefficient (Wildman–Crippen LogP) is 6.00. The lowest BCUT2D eigenvalue weighted by Gasteiger charge is -2.14. The van der Waals surface area contributed by atoms with Crippen molar-refractivity contribution in [2.75, 3.05) is 5.32 Å². The van der Waals surface area contributed by atoms with Crippen molar-refractivity contribution in [2.45, 2.75) is 13.0 Å². The molecule has 1 aromatic heterocycles. The van der Waals surface area contributed by atoms with Crippen LogP contribution < -0.4 is 10.1 Å². The van der Waals surface area contributed by atoms with Crippen LogP contribution >= 0.6 is 34.5 Å². The molecule has 1 amide bonds. The number of nitrogens with zero attached hydrogens (tertiary/aromatic N) is 1. The third-order valence-corrected chi connectivity index (χ3v) is 5.23. The summed E-state index contributed by atoms with van der Waals surface area (Å²) in [7, 11) is 0. The Hall–Kier alpha value is -2.52. The lowest BCUT2D eigenvalue weighted by Crippen LogP contribution is -2.30. The number of anilines is 1. The van der Waals surface area contributed by atoms with Crippen LogP contribution in [0.15, 0.2) is 53.9 Å². The maximum absolute atomic E-state index is 12.5. The van der Waals surface area contributed by atoms with E-state index < -0.39 is 6.10 Å². The van der Waals surface area contributed by atoms with Crippen LogP contribution in [0.3, 0.4) is 0 Å². The molecule has 0 aliphatic rings. The Morgan fingerprint density at radius 3 is 2.59 bits per heavy atom. The summed E-state index contributed by atoms with van der Waals surface area (Å²) >= 11 is 13.4. The number of halogens is 2.